The zero-order chi connectivity index (χ0) is 35.3. The number of hydrogen-bond donors (Lipinski definition) is 6. The third kappa shape index (κ3) is 11.1. The van der Waals surface area contributed by atoms with Crippen LogP contribution in [0.2, 0.25) is 0 Å². The van der Waals surface area contributed by atoms with Crippen LogP contribution in [0, 0.1) is 5.92 Å². The molecular formula is C35H49N7O8. The first-order valence-corrected chi connectivity index (χ1v) is 17.5. The molecule has 2 aromatic rings. The van der Waals surface area contributed by atoms with Crippen LogP contribution >= 0.6 is 0 Å². The fourth-order valence-electron chi connectivity index (χ4n) is 6.39. The zero-order valence-corrected chi connectivity index (χ0v) is 28.3. The van der Waals surface area contributed by atoms with Crippen molar-refractivity contribution in [2.75, 3.05) is 45.9 Å². The van der Waals surface area contributed by atoms with Crippen LogP contribution in [0.3, 0.4) is 0 Å². The second-order valence-electron chi connectivity index (χ2n) is 12.9. The average Bonchev–Trinajstić information content (AvgIpc) is 3.71. The molecule has 1 aromatic heterocycles. The summed E-state index contributed by atoms with van der Waals surface area (Å²) in [4.78, 5) is 67.4. The molecule has 15 heteroatoms. The number of nitrogens with one attached hydrogen (secondary N) is 5. The Bertz CT molecular complexity index is 1450. The van der Waals surface area contributed by atoms with Gasteiger partial charge in [0.25, 0.3) is 0 Å². The maximum atomic E-state index is 13.5. The van der Waals surface area contributed by atoms with Crippen LogP contribution in [0.1, 0.15) is 49.0 Å². The molecule has 5 atom stereocenters. The Morgan fingerprint density at radius 2 is 1.84 bits per heavy atom. The molecule has 0 spiro atoms. The van der Waals surface area contributed by atoms with Gasteiger partial charge in [-0.1, -0.05) is 24.3 Å². The zero-order valence-electron chi connectivity index (χ0n) is 28.3. The molecule has 0 saturated carbocycles. The summed E-state index contributed by atoms with van der Waals surface area (Å²) in [5.41, 5.74) is 7.12. The van der Waals surface area contributed by atoms with Gasteiger partial charge in [0.1, 0.15) is 24.1 Å². The number of furan rings is 1. The van der Waals surface area contributed by atoms with Crippen molar-refractivity contribution in [1.82, 2.24) is 31.5 Å². The van der Waals surface area contributed by atoms with E-state index in [1.807, 2.05) is 30.3 Å². The highest BCUT2D eigenvalue weighted by Crippen LogP contribution is 2.27. The highest BCUT2D eigenvalue weighted by Gasteiger charge is 2.46. The SMILES string of the molecule is NCCOCCNC(=O)[C@@H]1CCNC(=O)CCC(=O)N2CCC[C@H](C2)C(=O)N[C@@H](Cc2ccco2)C2OC2NCc2ccccc2CC(=O)N1. The lowest BCUT2D eigenvalue weighted by Gasteiger charge is -2.33. The predicted molar refractivity (Wildman–Crippen MR) is 181 cm³/mol. The van der Waals surface area contributed by atoms with Crippen LogP contribution in [0.5, 0.6) is 0 Å². The Morgan fingerprint density at radius 3 is 2.64 bits per heavy atom. The lowest BCUT2D eigenvalue weighted by molar-refractivity contribution is -0.137. The minimum absolute atomic E-state index is 0.00653. The van der Waals surface area contributed by atoms with E-state index >= 15 is 0 Å². The lowest BCUT2D eigenvalue weighted by Crippen LogP contribution is -2.50. The van der Waals surface area contributed by atoms with Gasteiger partial charge in [0.2, 0.25) is 29.5 Å². The number of piperidine rings is 1. The van der Waals surface area contributed by atoms with Crippen molar-refractivity contribution >= 4 is 29.5 Å². The standard InChI is InChI=1S/C35H49N7O8/c36-12-17-48-18-14-38-34(47)27-11-13-37-29(43)9-10-31(45)42-15-3-7-25(22-42)33(46)41-28(20-26-8-4-16-49-26)32-35(50-32)39-21-24-6-2-1-5-23(24)19-30(44)40-27/h1-2,4-6,8,16,25,27-28,32,35,39H,3,7,9-15,17-22,36H2,(H,37,43)(H,38,47)(H,40,44)(H,41,46)/t25-,27+,28+,32?,35?/m1/s1. The molecule has 0 radical (unpaired) electrons. The van der Waals surface area contributed by atoms with Gasteiger partial charge in [0, 0.05) is 58.5 Å². The quantitative estimate of drug-likeness (QED) is 0.154. The monoisotopic (exact) mass is 695 g/mol. The normalized spacial score (nSPS) is 25.7. The molecule has 2 fully saturated rings. The molecule has 7 N–H and O–H groups in total. The molecule has 3 aliphatic rings. The van der Waals surface area contributed by atoms with Gasteiger partial charge >= 0.3 is 0 Å². The van der Waals surface area contributed by atoms with Crippen molar-refractivity contribution in [3.8, 4) is 0 Å². The number of epoxide rings is 1. The van der Waals surface area contributed by atoms with Gasteiger partial charge in [-0.2, -0.15) is 0 Å². The van der Waals surface area contributed by atoms with Crippen molar-refractivity contribution in [2.45, 2.75) is 75.9 Å². The van der Waals surface area contributed by atoms with E-state index in [0.29, 0.717) is 51.3 Å². The van der Waals surface area contributed by atoms with Gasteiger partial charge in [-0.25, -0.2) is 0 Å². The van der Waals surface area contributed by atoms with Gasteiger partial charge in [-0.05, 0) is 42.5 Å². The summed E-state index contributed by atoms with van der Waals surface area (Å²) in [5.74, 6) is -1.12. The van der Waals surface area contributed by atoms with Crippen LogP contribution in [0.4, 0.5) is 0 Å². The molecule has 3 aliphatic heterocycles. The molecule has 5 amide bonds. The third-order valence-electron chi connectivity index (χ3n) is 9.14. The van der Waals surface area contributed by atoms with E-state index in [1.165, 1.54) is 0 Å². The largest absolute Gasteiger partial charge is 0.469 e. The summed E-state index contributed by atoms with van der Waals surface area (Å²) in [5, 5.41) is 14.9. The number of carbonyl (C=O) groups is 5. The van der Waals surface area contributed by atoms with Crippen LogP contribution < -0.4 is 32.3 Å². The number of ether oxygens (including phenoxy) is 2. The number of nitrogens with zero attached hydrogens (tertiary/aromatic N) is 1. The summed E-state index contributed by atoms with van der Waals surface area (Å²) in [7, 11) is 0. The van der Waals surface area contributed by atoms with E-state index in [0.717, 1.165) is 11.1 Å². The van der Waals surface area contributed by atoms with Crippen LogP contribution in [0.15, 0.2) is 47.1 Å². The van der Waals surface area contributed by atoms with E-state index < -0.39 is 11.9 Å². The fourth-order valence-corrected chi connectivity index (χ4v) is 6.39. The molecule has 2 bridgehead atoms. The summed E-state index contributed by atoms with van der Waals surface area (Å²) in [6.45, 7) is 2.56. The number of carbonyl (C=O) groups excluding carboxylic acids is 5. The number of hydrogen-bond acceptors (Lipinski definition) is 10. The molecule has 2 unspecified atom stereocenters. The van der Waals surface area contributed by atoms with E-state index in [-0.39, 0.29) is 99.8 Å². The Hall–Kier alpha value is -4.31. The molecule has 272 valence electrons. The second kappa shape index (κ2) is 18.6. The first-order valence-electron chi connectivity index (χ1n) is 17.5. The molecular weight excluding hydrogens is 646 g/mol. The highest BCUT2D eigenvalue weighted by atomic mass is 16.6. The van der Waals surface area contributed by atoms with Crippen molar-refractivity contribution in [2.24, 2.45) is 11.7 Å². The van der Waals surface area contributed by atoms with Crippen LogP contribution in [-0.4, -0.2) is 105 Å². The Labute approximate surface area is 291 Å². The third-order valence-corrected chi connectivity index (χ3v) is 9.14. The lowest BCUT2D eigenvalue weighted by atomic mass is 9.95. The number of amides is 5. The van der Waals surface area contributed by atoms with E-state index in [4.69, 9.17) is 19.6 Å². The van der Waals surface area contributed by atoms with Gasteiger partial charge in [0.15, 0.2) is 0 Å². The van der Waals surface area contributed by atoms with E-state index in [2.05, 4.69) is 26.6 Å². The highest BCUT2D eigenvalue weighted by molar-refractivity contribution is 5.89. The van der Waals surface area contributed by atoms with Crippen molar-refractivity contribution < 1.29 is 37.9 Å². The summed E-state index contributed by atoms with van der Waals surface area (Å²) in [6, 6.07) is 9.89. The van der Waals surface area contributed by atoms with Gasteiger partial charge in [-0.15, -0.1) is 0 Å². The Morgan fingerprint density at radius 1 is 1.00 bits per heavy atom. The molecule has 2 saturated heterocycles. The predicted octanol–water partition coefficient (Wildman–Crippen LogP) is -0.521. The second-order valence-corrected chi connectivity index (χ2v) is 12.9. The Kier molecular flexibility index (Phi) is 13.8. The maximum absolute atomic E-state index is 13.5. The van der Waals surface area contributed by atoms with Gasteiger partial charge in [0.05, 0.1) is 37.9 Å². The number of benzene rings is 1. The van der Waals surface area contributed by atoms with Crippen molar-refractivity contribution in [3.63, 3.8) is 0 Å². The first-order chi connectivity index (χ1) is 24.3. The summed E-state index contributed by atoms with van der Waals surface area (Å²) in [6.07, 6.45) is 2.81. The Balaban J connectivity index is 1.30. The average molecular weight is 696 g/mol. The van der Waals surface area contributed by atoms with E-state index in [9.17, 15) is 24.0 Å². The minimum atomic E-state index is -0.909. The molecule has 4 heterocycles. The fraction of sp³-hybridized carbons (Fsp3) is 0.571. The van der Waals surface area contributed by atoms with Crippen molar-refractivity contribution in [1.29, 1.82) is 0 Å². The smallest absolute Gasteiger partial charge is 0.242 e. The van der Waals surface area contributed by atoms with Gasteiger partial charge in [-0.3, -0.25) is 29.3 Å². The topological polar surface area (TPSA) is 210 Å². The molecule has 5 rings (SSSR count). The molecule has 15 nitrogen and oxygen atoms in total. The van der Waals surface area contributed by atoms with Gasteiger partial charge < -0.3 is 45.8 Å². The number of fused-ring (bicyclic) bond motifs is 4. The van der Waals surface area contributed by atoms with E-state index in [1.54, 1.807) is 17.2 Å². The van der Waals surface area contributed by atoms with Crippen LogP contribution in [0.25, 0.3) is 0 Å². The molecule has 50 heavy (non-hydrogen) atoms. The first kappa shape index (κ1) is 37.0. The maximum Gasteiger partial charge on any atom is 0.242 e. The van der Waals surface area contributed by atoms with Crippen molar-refractivity contribution in [3.05, 3.63) is 59.5 Å². The molecule has 0 aliphatic carbocycles. The summed E-state index contributed by atoms with van der Waals surface area (Å²) < 4.78 is 16.9. The number of nitrogens with two attached hydrogens (primary N) is 1. The summed E-state index contributed by atoms with van der Waals surface area (Å²) >= 11 is 0. The molecule has 1 aromatic carbocycles. The van der Waals surface area contributed by atoms with Crippen LogP contribution in [-0.2, 0) is 52.8 Å². The number of rotatable bonds is 8. The minimum Gasteiger partial charge on any atom is -0.469 e.